The average molecular weight is 510 g/mol. The molecule has 5 nitrogen and oxygen atoms in total. The molecule has 4 aromatic carbocycles. The number of ether oxygens (including phenoxy) is 4. The van der Waals surface area contributed by atoms with Gasteiger partial charge in [0.05, 0.1) is 20.8 Å². The number of hydrogen-bond acceptors (Lipinski definition) is 5. The molecule has 196 valence electrons. The molecule has 0 aliphatic carbocycles. The number of benzene rings is 4. The van der Waals surface area contributed by atoms with Crippen LogP contribution < -0.4 is 14.2 Å². The lowest BCUT2D eigenvalue weighted by molar-refractivity contribution is 0.0700. The fraction of sp³-hybridized carbons (Fsp3) is 0.333. The molecular weight excluding hydrogens is 474 g/mol. The van der Waals surface area contributed by atoms with E-state index in [1.165, 1.54) is 54.4 Å². The van der Waals surface area contributed by atoms with E-state index in [2.05, 4.69) is 65.6 Å². The Labute approximate surface area is 224 Å². The molecule has 5 heteroatoms. The van der Waals surface area contributed by atoms with Crippen LogP contribution in [0, 0.1) is 0 Å². The average Bonchev–Trinajstić information content (AvgIpc) is 3.14. The fourth-order valence-electron chi connectivity index (χ4n) is 5.79. The normalized spacial score (nSPS) is 17.4. The van der Waals surface area contributed by atoms with E-state index in [-0.39, 0.29) is 6.10 Å². The predicted molar refractivity (Wildman–Crippen MR) is 151 cm³/mol. The standard InChI is InChI=1S/C33H35NO4/c1-35-27-12-15-30-24(20-27)8-13-31-29-14-11-28(36-2)21-25(29)22-38-33(32(30)31)23-6-9-26(10-7-23)37-19-18-34-16-4-3-5-17-34/h6-15,20-21,33H,3-5,16-19,22H2,1-2H3. The van der Waals surface area contributed by atoms with Gasteiger partial charge in [-0.25, -0.2) is 0 Å². The molecule has 0 aromatic heterocycles. The van der Waals surface area contributed by atoms with Crippen LogP contribution in [0.15, 0.2) is 72.8 Å². The van der Waals surface area contributed by atoms with Crippen molar-refractivity contribution in [2.24, 2.45) is 0 Å². The Balaban J connectivity index is 1.33. The summed E-state index contributed by atoms with van der Waals surface area (Å²) < 4.78 is 23.8. The molecule has 1 unspecified atom stereocenters. The quantitative estimate of drug-likeness (QED) is 0.268. The molecule has 0 spiro atoms. The lowest BCUT2D eigenvalue weighted by atomic mass is 9.87. The maximum Gasteiger partial charge on any atom is 0.119 e. The number of hydrogen-bond donors (Lipinski definition) is 0. The van der Waals surface area contributed by atoms with Crippen molar-refractivity contribution in [2.45, 2.75) is 32.0 Å². The van der Waals surface area contributed by atoms with E-state index in [1.807, 2.05) is 12.1 Å². The van der Waals surface area contributed by atoms with E-state index >= 15 is 0 Å². The van der Waals surface area contributed by atoms with E-state index in [0.29, 0.717) is 13.2 Å². The summed E-state index contributed by atoms with van der Waals surface area (Å²) in [5.41, 5.74) is 5.77. The number of piperidine rings is 1. The van der Waals surface area contributed by atoms with Gasteiger partial charge in [-0.15, -0.1) is 0 Å². The van der Waals surface area contributed by atoms with Crippen molar-refractivity contribution in [1.82, 2.24) is 4.90 Å². The fourth-order valence-corrected chi connectivity index (χ4v) is 5.79. The molecule has 6 rings (SSSR count). The minimum absolute atomic E-state index is 0.220. The van der Waals surface area contributed by atoms with Gasteiger partial charge in [0.25, 0.3) is 0 Å². The van der Waals surface area contributed by atoms with Gasteiger partial charge in [0.1, 0.15) is 30.0 Å². The number of nitrogens with zero attached hydrogens (tertiary/aromatic N) is 1. The zero-order valence-electron chi connectivity index (χ0n) is 22.2. The molecule has 1 fully saturated rings. The van der Waals surface area contributed by atoms with Gasteiger partial charge < -0.3 is 18.9 Å². The Hall–Kier alpha value is -3.54. The molecule has 1 saturated heterocycles. The Morgan fingerprint density at radius 1 is 0.763 bits per heavy atom. The maximum absolute atomic E-state index is 6.67. The largest absolute Gasteiger partial charge is 0.497 e. The van der Waals surface area contributed by atoms with Gasteiger partial charge in [-0.05, 0) is 95.4 Å². The third-order valence-electron chi connectivity index (χ3n) is 7.85. The van der Waals surface area contributed by atoms with Crippen LogP contribution in [0.1, 0.15) is 42.1 Å². The molecule has 0 amide bonds. The Kier molecular flexibility index (Phi) is 7.21. The van der Waals surface area contributed by atoms with Crippen molar-refractivity contribution >= 4 is 10.8 Å². The highest BCUT2D eigenvalue weighted by Crippen LogP contribution is 2.45. The minimum Gasteiger partial charge on any atom is -0.497 e. The SMILES string of the molecule is COc1ccc2c(c1)COC(c1ccc(OCCN3CCCCC3)cc1)c1c-2ccc2cc(OC)ccc12. The van der Waals surface area contributed by atoms with Crippen molar-refractivity contribution in [3.63, 3.8) is 0 Å². The van der Waals surface area contributed by atoms with Gasteiger partial charge >= 0.3 is 0 Å². The zero-order valence-corrected chi connectivity index (χ0v) is 22.2. The second-order valence-corrected chi connectivity index (χ2v) is 10.1. The van der Waals surface area contributed by atoms with Crippen molar-refractivity contribution in [3.05, 3.63) is 89.5 Å². The van der Waals surface area contributed by atoms with Crippen LogP contribution in [0.25, 0.3) is 21.9 Å². The van der Waals surface area contributed by atoms with Gasteiger partial charge in [0.2, 0.25) is 0 Å². The summed E-state index contributed by atoms with van der Waals surface area (Å²) >= 11 is 0. The molecule has 2 aliphatic rings. The molecule has 0 N–H and O–H groups in total. The van der Waals surface area contributed by atoms with Crippen LogP contribution in [-0.2, 0) is 11.3 Å². The first kappa shape index (κ1) is 24.8. The van der Waals surface area contributed by atoms with Gasteiger partial charge in [0.15, 0.2) is 0 Å². The summed E-state index contributed by atoms with van der Waals surface area (Å²) in [7, 11) is 3.41. The van der Waals surface area contributed by atoms with Crippen molar-refractivity contribution in [3.8, 4) is 28.4 Å². The van der Waals surface area contributed by atoms with E-state index < -0.39 is 0 Å². The number of fused-ring (bicyclic) bond motifs is 5. The molecule has 4 aromatic rings. The first-order valence-corrected chi connectivity index (χ1v) is 13.6. The molecule has 2 heterocycles. The van der Waals surface area contributed by atoms with Gasteiger partial charge in [-0.1, -0.05) is 42.8 Å². The van der Waals surface area contributed by atoms with Crippen LogP contribution in [0.4, 0.5) is 0 Å². The molecule has 0 bridgehead atoms. The van der Waals surface area contributed by atoms with Gasteiger partial charge in [-0.2, -0.15) is 0 Å². The van der Waals surface area contributed by atoms with Crippen LogP contribution in [0.3, 0.4) is 0 Å². The lowest BCUT2D eigenvalue weighted by Crippen LogP contribution is -2.33. The molecular formula is C33H35NO4. The molecule has 2 aliphatic heterocycles. The third-order valence-corrected chi connectivity index (χ3v) is 7.85. The summed E-state index contributed by atoms with van der Waals surface area (Å²) in [6.07, 6.45) is 3.74. The summed E-state index contributed by atoms with van der Waals surface area (Å²) in [4.78, 5) is 2.50. The van der Waals surface area contributed by atoms with Crippen molar-refractivity contribution < 1.29 is 18.9 Å². The first-order chi connectivity index (χ1) is 18.7. The van der Waals surface area contributed by atoms with Crippen LogP contribution in [0.5, 0.6) is 17.2 Å². The topological polar surface area (TPSA) is 40.2 Å². The second-order valence-electron chi connectivity index (χ2n) is 10.1. The van der Waals surface area contributed by atoms with E-state index in [0.717, 1.165) is 40.3 Å². The third kappa shape index (κ3) is 4.96. The molecule has 38 heavy (non-hydrogen) atoms. The van der Waals surface area contributed by atoms with Crippen LogP contribution >= 0.6 is 0 Å². The van der Waals surface area contributed by atoms with Crippen molar-refractivity contribution in [2.75, 3.05) is 40.5 Å². The second kappa shape index (κ2) is 11.1. The summed E-state index contributed by atoms with van der Waals surface area (Å²) in [5, 5.41) is 2.30. The summed E-state index contributed by atoms with van der Waals surface area (Å²) in [6.45, 7) is 4.57. The monoisotopic (exact) mass is 509 g/mol. The van der Waals surface area contributed by atoms with E-state index in [4.69, 9.17) is 18.9 Å². The number of methoxy groups -OCH3 is 2. The Morgan fingerprint density at radius 3 is 2.26 bits per heavy atom. The summed E-state index contributed by atoms with van der Waals surface area (Å²) in [6, 6.07) is 25.3. The van der Waals surface area contributed by atoms with E-state index in [1.54, 1.807) is 14.2 Å². The predicted octanol–water partition coefficient (Wildman–Crippen LogP) is 7.01. The van der Waals surface area contributed by atoms with Crippen LogP contribution in [-0.4, -0.2) is 45.4 Å². The first-order valence-electron chi connectivity index (χ1n) is 13.6. The Bertz CT molecular complexity index is 1410. The van der Waals surface area contributed by atoms with Gasteiger partial charge in [0, 0.05) is 12.1 Å². The van der Waals surface area contributed by atoms with Crippen molar-refractivity contribution in [1.29, 1.82) is 0 Å². The lowest BCUT2D eigenvalue weighted by Gasteiger charge is -2.26. The summed E-state index contributed by atoms with van der Waals surface area (Å²) in [5.74, 6) is 2.58. The van der Waals surface area contributed by atoms with Gasteiger partial charge in [-0.3, -0.25) is 4.90 Å². The van der Waals surface area contributed by atoms with Crippen LogP contribution in [0.2, 0.25) is 0 Å². The highest BCUT2D eigenvalue weighted by Gasteiger charge is 2.27. The highest BCUT2D eigenvalue weighted by atomic mass is 16.5. The van der Waals surface area contributed by atoms with E-state index in [9.17, 15) is 0 Å². The Morgan fingerprint density at radius 2 is 1.47 bits per heavy atom. The molecule has 0 saturated carbocycles. The highest BCUT2D eigenvalue weighted by molar-refractivity contribution is 5.94. The molecule has 1 atom stereocenters. The number of likely N-dealkylation sites (tertiary alicyclic amines) is 1. The maximum atomic E-state index is 6.67. The smallest absolute Gasteiger partial charge is 0.119 e. The number of rotatable bonds is 7. The zero-order chi connectivity index (χ0) is 25.9. The minimum atomic E-state index is -0.220. The molecule has 0 radical (unpaired) electrons.